The highest BCUT2D eigenvalue weighted by Gasteiger charge is 2.50. The second kappa shape index (κ2) is 7.30. The molecule has 128 valence electrons. The summed E-state index contributed by atoms with van der Waals surface area (Å²) in [5.74, 6) is 0.601. The van der Waals surface area contributed by atoms with Gasteiger partial charge in [0.25, 0.3) is 0 Å². The van der Waals surface area contributed by atoms with Crippen LogP contribution in [0.4, 0.5) is 5.69 Å². The molecule has 1 unspecified atom stereocenters. The van der Waals surface area contributed by atoms with Gasteiger partial charge in [-0.3, -0.25) is 0 Å². The second-order valence-corrected chi connectivity index (χ2v) is 7.74. The third-order valence-corrected chi connectivity index (χ3v) is 5.02. The molecule has 0 aromatic heterocycles. The highest BCUT2D eigenvalue weighted by molar-refractivity contribution is 8.14. The molecule has 1 atom stereocenters. The summed E-state index contributed by atoms with van der Waals surface area (Å²) in [6.45, 7) is 6.37. The number of hydrogen-bond acceptors (Lipinski definition) is 3. The lowest BCUT2D eigenvalue weighted by atomic mass is 9.98. The molecule has 3 nitrogen and oxygen atoms in total. The molecular formula is C19H23BrN2OS. The Kier molecular flexibility index (Phi) is 5.78. The second-order valence-electron chi connectivity index (χ2n) is 6.77. The van der Waals surface area contributed by atoms with Crippen molar-refractivity contribution >= 4 is 22.6 Å². The predicted octanol–water partition coefficient (Wildman–Crippen LogP) is 0.862. The van der Waals surface area contributed by atoms with E-state index in [1.807, 2.05) is 60.7 Å². The van der Waals surface area contributed by atoms with Gasteiger partial charge in [0.15, 0.2) is 0 Å². The third kappa shape index (κ3) is 3.68. The zero-order chi connectivity index (χ0) is 16.5. The first kappa shape index (κ1) is 19.0. The molecule has 2 aromatic carbocycles. The first-order chi connectivity index (χ1) is 10.9. The number of para-hydroxylation sites is 1. The van der Waals surface area contributed by atoms with Crippen molar-refractivity contribution < 1.29 is 26.7 Å². The van der Waals surface area contributed by atoms with E-state index in [1.165, 1.54) is 0 Å². The Balaban J connectivity index is 0.00000208. The summed E-state index contributed by atoms with van der Waals surface area (Å²) >= 11 is 1.66. The molecule has 1 aliphatic rings. The van der Waals surface area contributed by atoms with Crippen LogP contribution in [0.1, 0.15) is 26.3 Å². The number of benzene rings is 2. The van der Waals surface area contributed by atoms with Crippen molar-refractivity contribution in [1.29, 1.82) is 0 Å². The minimum absolute atomic E-state index is 0. The minimum Gasteiger partial charge on any atom is -1.00 e. The lowest BCUT2D eigenvalue weighted by Gasteiger charge is -2.32. The molecule has 24 heavy (non-hydrogen) atoms. The minimum atomic E-state index is -1.01. The van der Waals surface area contributed by atoms with Gasteiger partial charge in [0.1, 0.15) is 11.2 Å². The maximum absolute atomic E-state index is 11.5. The lowest BCUT2D eigenvalue weighted by Crippen LogP contribution is -3.00. The largest absolute Gasteiger partial charge is 1.00 e. The number of amidine groups is 1. The first-order valence-corrected chi connectivity index (χ1v) is 8.80. The number of rotatable bonds is 2. The Morgan fingerprint density at radius 1 is 1.00 bits per heavy atom. The van der Waals surface area contributed by atoms with Crippen molar-refractivity contribution in [3.05, 3.63) is 66.2 Å². The summed E-state index contributed by atoms with van der Waals surface area (Å²) in [6, 6.07) is 20.0. The third-order valence-electron chi connectivity index (χ3n) is 3.92. The first-order valence-electron chi connectivity index (χ1n) is 7.81. The summed E-state index contributed by atoms with van der Waals surface area (Å²) in [4.78, 5) is 0. The number of anilines is 1. The van der Waals surface area contributed by atoms with Crippen molar-refractivity contribution in [2.24, 2.45) is 0 Å². The molecule has 5 heteroatoms. The number of halogens is 1. The number of nitrogens with zero attached hydrogens (tertiary/aromatic N) is 1. The summed E-state index contributed by atoms with van der Waals surface area (Å²) in [6.07, 6.45) is 0. The quantitative estimate of drug-likeness (QED) is 0.726. The van der Waals surface area contributed by atoms with E-state index in [0.717, 1.165) is 16.4 Å². The van der Waals surface area contributed by atoms with Gasteiger partial charge in [0.05, 0.1) is 5.75 Å². The maximum atomic E-state index is 11.5. The van der Waals surface area contributed by atoms with Crippen LogP contribution in [0.5, 0.6) is 0 Å². The van der Waals surface area contributed by atoms with Crippen LogP contribution in [0.15, 0.2) is 60.7 Å². The van der Waals surface area contributed by atoms with Crippen molar-refractivity contribution in [3.63, 3.8) is 0 Å². The van der Waals surface area contributed by atoms with Crippen LogP contribution in [-0.2, 0) is 5.72 Å². The molecule has 0 amide bonds. The molecule has 1 heterocycles. The Morgan fingerprint density at radius 2 is 1.54 bits per heavy atom. The molecule has 0 aliphatic carbocycles. The zero-order valence-corrected chi connectivity index (χ0v) is 16.6. The van der Waals surface area contributed by atoms with Crippen molar-refractivity contribution in [2.45, 2.75) is 32.0 Å². The van der Waals surface area contributed by atoms with Gasteiger partial charge in [-0.2, -0.15) is 0 Å². The van der Waals surface area contributed by atoms with E-state index in [9.17, 15) is 5.11 Å². The average molecular weight is 407 g/mol. The van der Waals surface area contributed by atoms with Crippen LogP contribution < -0.4 is 22.3 Å². The number of hydrogen-bond donors (Lipinski definition) is 2. The molecule has 0 fully saturated rings. The van der Waals surface area contributed by atoms with Gasteiger partial charge in [-0.15, -0.1) is 0 Å². The van der Waals surface area contributed by atoms with Gasteiger partial charge in [-0.25, -0.2) is 9.89 Å². The van der Waals surface area contributed by atoms with E-state index in [2.05, 4.69) is 30.7 Å². The molecule has 0 saturated heterocycles. The van der Waals surface area contributed by atoms with E-state index in [1.54, 1.807) is 11.8 Å². The normalized spacial score (nSPS) is 20.7. The fourth-order valence-electron chi connectivity index (χ4n) is 2.98. The molecule has 1 aliphatic heterocycles. The smallest absolute Gasteiger partial charge is 0.314 e. The maximum Gasteiger partial charge on any atom is 0.314 e. The van der Waals surface area contributed by atoms with Crippen molar-refractivity contribution in [3.8, 4) is 0 Å². The fraction of sp³-hybridized carbons (Fsp3) is 0.316. The van der Waals surface area contributed by atoms with E-state index in [-0.39, 0.29) is 22.5 Å². The van der Waals surface area contributed by atoms with Crippen LogP contribution in [0, 0.1) is 0 Å². The SMILES string of the molecule is CC(C)(C)[N+]1=C(Nc2ccccc2)SCC1(O)c1ccccc1.[Br-]. The van der Waals surface area contributed by atoms with Gasteiger partial charge < -0.3 is 22.1 Å². The zero-order valence-electron chi connectivity index (χ0n) is 14.2. The van der Waals surface area contributed by atoms with Gasteiger partial charge in [-0.1, -0.05) is 48.5 Å². The van der Waals surface area contributed by atoms with Crippen molar-refractivity contribution in [1.82, 2.24) is 0 Å². The van der Waals surface area contributed by atoms with Crippen LogP contribution in [0.3, 0.4) is 0 Å². The standard InChI is InChI=1S/C19H22N2OS.BrH/c1-18(2,3)21-17(20-16-12-8-5-9-13-16)23-14-19(21,22)15-10-6-4-7-11-15;/h4-13,22H,14H2,1-3H3;1H. The van der Waals surface area contributed by atoms with Crippen molar-refractivity contribution in [2.75, 3.05) is 11.1 Å². The molecule has 0 bridgehead atoms. The molecule has 0 radical (unpaired) electrons. The highest BCUT2D eigenvalue weighted by Crippen LogP contribution is 2.38. The Labute approximate surface area is 158 Å². The summed E-state index contributed by atoms with van der Waals surface area (Å²) < 4.78 is 2.09. The summed E-state index contributed by atoms with van der Waals surface area (Å²) in [7, 11) is 0. The van der Waals surface area contributed by atoms with Crippen LogP contribution in [0.25, 0.3) is 0 Å². The topological polar surface area (TPSA) is 35.3 Å². The molecule has 3 rings (SSSR count). The summed E-state index contributed by atoms with van der Waals surface area (Å²) in [5, 5.41) is 15.9. The summed E-state index contributed by atoms with van der Waals surface area (Å²) in [5.41, 5.74) is 0.723. The van der Waals surface area contributed by atoms with E-state index < -0.39 is 5.72 Å². The van der Waals surface area contributed by atoms with E-state index in [0.29, 0.717) is 5.75 Å². The van der Waals surface area contributed by atoms with Gasteiger partial charge >= 0.3 is 5.17 Å². The van der Waals surface area contributed by atoms with E-state index in [4.69, 9.17) is 0 Å². The number of thioether (sulfide) groups is 1. The molecule has 2 aromatic rings. The van der Waals surface area contributed by atoms with Gasteiger partial charge in [0.2, 0.25) is 5.72 Å². The highest BCUT2D eigenvalue weighted by atomic mass is 79.9. The lowest BCUT2D eigenvalue weighted by molar-refractivity contribution is -0.708. The van der Waals surface area contributed by atoms with Crippen LogP contribution in [-0.4, -0.2) is 26.1 Å². The molecular weight excluding hydrogens is 384 g/mol. The van der Waals surface area contributed by atoms with Gasteiger partial charge in [-0.05, 0) is 44.7 Å². The molecule has 0 saturated carbocycles. The Hall–Kier alpha value is -1.30. The Morgan fingerprint density at radius 3 is 2.08 bits per heavy atom. The number of nitrogens with one attached hydrogen (secondary N) is 1. The van der Waals surface area contributed by atoms with E-state index >= 15 is 0 Å². The van der Waals surface area contributed by atoms with Crippen LogP contribution in [0.2, 0.25) is 0 Å². The monoisotopic (exact) mass is 406 g/mol. The van der Waals surface area contributed by atoms with Gasteiger partial charge in [0, 0.05) is 5.56 Å². The predicted molar refractivity (Wildman–Crippen MR) is 97.9 cm³/mol. The van der Waals surface area contributed by atoms with Crippen LogP contribution >= 0.6 is 11.8 Å². The number of aliphatic hydroxyl groups is 1. The molecule has 0 spiro atoms. The Bertz CT molecular complexity index is 713. The molecule has 2 N–H and O–H groups in total. The average Bonchev–Trinajstić information content (AvgIpc) is 2.87. The fourth-order valence-corrected chi connectivity index (χ4v) is 4.36.